The molecule has 0 saturated heterocycles. The number of aromatic nitrogens is 2. The van der Waals surface area contributed by atoms with Gasteiger partial charge in [0, 0.05) is 17.8 Å². The van der Waals surface area contributed by atoms with Gasteiger partial charge in [0.1, 0.15) is 0 Å². The maximum absolute atomic E-state index is 13.0. The van der Waals surface area contributed by atoms with Crippen molar-refractivity contribution in [2.45, 2.75) is 53.5 Å². The first-order chi connectivity index (χ1) is 15.2. The van der Waals surface area contributed by atoms with Crippen LogP contribution in [0.25, 0.3) is 0 Å². The maximum Gasteiger partial charge on any atom is 0.534 e. The van der Waals surface area contributed by atoms with Gasteiger partial charge in [0.25, 0.3) is 0 Å². The number of alkyl halides is 3. The van der Waals surface area contributed by atoms with Crippen LogP contribution in [0.3, 0.4) is 0 Å². The summed E-state index contributed by atoms with van der Waals surface area (Å²) < 4.78 is 71.7. The lowest BCUT2D eigenvalue weighted by Crippen LogP contribution is -2.30. The molecule has 0 unspecified atom stereocenters. The van der Waals surface area contributed by atoms with E-state index in [1.807, 2.05) is 32.9 Å². The Bertz CT molecular complexity index is 1130. The second kappa shape index (κ2) is 9.94. The van der Waals surface area contributed by atoms with Crippen molar-refractivity contribution in [2.24, 2.45) is 0 Å². The summed E-state index contributed by atoms with van der Waals surface area (Å²) >= 11 is 0. The third-order valence-corrected chi connectivity index (χ3v) is 5.67. The topological polar surface area (TPSA) is 98.7 Å². The molecule has 0 bridgehead atoms. The largest absolute Gasteiger partial charge is 0.534 e. The molecule has 1 aromatic heterocycles. The van der Waals surface area contributed by atoms with Crippen molar-refractivity contribution in [3.63, 3.8) is 0 Å². The first kappa shape index (κ1) is 26.4. The van der Waals surface area contributed by atoms with E-state index < -0.39 is 33.9 Å². The minimum atomic E-state index is -6.03. The number of nitrogens with zero attached hydrogens (tertiary/aromatic N) is 3. The molecule has 0 amide bonds. The number of hydrogen-bond acceptors (Lipinski definition) is 8. The zero-order chi connectivity index (χ0) is 25.1. The van der Waals surface area contributed by atoms with E-state index in [9.17, 15) is 26.4 Å². The van der Waals surface area contributed by atoms with Crippen LogP contribution >= 0.6 is 0 Å². The molecule has 0 N–H and O–H groups in total. The highest BCUT2D eigenvalue weighted by atomic mass is 32.2. The SMILES string of the molecule is CCOC(=O)Cc1c(C)nc(N(CC)c2c(C)cc(C)cc2C)nc1OS(=O)(=O)C(F)(F)F. The van der Waals surface area contributed by atoms with Crippen molar-refractivity contribution in [3.05, 3.63) is 40.1 Å². The predicted octanol–water partition coefficient (Wildman–Crippen LogP) is 4.20. The minimum Gasteiger partial charge on any atom is -0.466 e. The summed E-state index contributed by atoms with van der Waals surface area (Å²) in [5.74, 6) is -1.72. The molecule has 0 aliphatic carbocycles. The highest BCUT2D eigenvalue weighted by molar-refractivity contribution is 7.87. The van der Waals surface area contributed by atoms with E-state index in [0.717, 1.165) is 22.4 Å². The fourth-order valence-corrected chi connectivity index (χ4v) is 3.89. The summed E-state index contributed by atoms with van der Waals surface area (Å²) in [6, 6.07) is 3.86. The van der Waals surface area contributed by atoms with Crippen LogP contribution in [0.2, 0.25) is 0 Å². The van der Waals surface area contributed by atoms with Gasteiger partial charge < -0.3 is 13.8 Å². The van der Waals surface area contributed by atoms with Crippen LogP contribution < -0.4 is 9.08 Å². The Morgan fingerprint density at radius 2 is 1.64 bits per heavy atom. The van der Waals surface area contributed by atoms with Gasteiger partial charge in [-0.25, -0.2) is 4.98 Å². The minimum absolute atomic E-state index is 0.0312. The molecule has 0 saturated carbocycles. The van der Waals surface area contributed by atoms with Gasteiger partial charge >= 0.3 is 21.6 Å². The molecule has 33 heavy (non-hydrogen) atoms. The summed E-state index contributed by atoms with van der Waals surface area (Å²) in [6.07, 6.45) is -0.558. The van der Waals surface area contributed by atoms with Crippen molar-refractivity contribution in [3.8, 4) is 5.88 Å². The van der Waals surface area contributed by atoms with E-state index in [2.05, 4.69) is 14.2 Å². The van der Waals surface area contributed by atoms with E-state index in [1.165, 1.54) is 6.92 Å². The third-order valence-electron chi connectivity index (χ3n) is 4.73. The van der Waals surface area contributed by atoms with Gasteiger partial charge in [0.15, 0.2) is 0 Å². The second-order valence-corrected chi connectivity index (χ2v) is 8.89. The Morgan fingerprint density at radius 1 is 1.06 bits per heavy atom. The molecule has 182 valence electrons. The fourth-order valence-electron chi connectivity index (χ4n) is 3.45. The number of halogens is 3. The highest BCUT2D eigenvalue weighted by Crippen LogP contribution is 2.34. The first-order valence-corrected chi connectivity index (χ1v) is 11.5. The van der Waals surface area contributed by atoms with Gasteiger partial charge in [0.2, 0.25) is 11.8 Å². The monoisotopic (exact) mass is 489 g/mol. The number of benzene rings is 1. The highest BCUT2D eigenvalue weighted by Gasteiger charge is 2.49. The summed E-state index contributed by atoms with van der Waals surface area (Å²) in [7, 11) is -6.03. The quantitative estimate of drug-likeness (QED) is 0.309. The number of rotatable bonds is 8. The van der Waals surface area contributed by atoms with Gasteiger partial charge in [0.05, 0.1) is 18.7 Å². The molecular weight excluding hydrogens is 463 g/mol. The van der Waals surface area contributed by atoms with Crippen molar-refractivity contribution in [1.29, 1.82) is 0 Å². The number of esters is 1. The number of ether oxygens (including phenoxy) is 1. The molecule has 0 spiro atoms. The lowest BCUT2D eigenvalue weighted by atomic mass is 10.0. The molecule has 2 rings (SSSR count). The Kier molecular flexibility index (Phi) is 7.94. The van der Waals surface area contributed by atoms with Crippen LogP contribution in [0, 0.1) is 27.7 Å². The molecule has 0 aliphatic heterocycles. The molecule has 0 radical (unpaired) electrons. The number of hydrogen-bond donors (Lipinski definition) is 0. The molecular formula is C21H26F3N3O5S. The van der Waals surface area contributed by atoms with Crippen LogP contribution in [-0.4, -0.2) is 43.0 Å². The van der Waals surface area contributed by atoms with E-state index in [-0.39, 0.29) is 23.8 Å². The van der Waals surface area contributed by atoms with Crippen LogP contribution in [0.1, 0.15) is 41.8 Å². The standard InChI is InChI=1S/C21H26F3N3O5S/c1-7-27(18-13(4)9-12(3)10-14(18)5)20-25-15(6)16(11-17(28)31-8-2)19(26-20)32-33(29,30)21(22,23)24/h9-10H,7-8,11H2,1-6H3. The van der Waals surface area contributed by atoms with Crippen molar-refractivity contribution >= 4 is 27.7 Å². The number of anilines is 2. The number of carbonyl (C=O) groups excluding carboxylic acids is 1. The second-order valence-electron chi connectivity index (χ2n) is 7.35. The number of aryl methyl sites for hydroxylation is 4. The van der Waals surface area contributed by atoms with E-state index in [4.69, 9.17) is 4.74 Å². The molecule has 0 atom stereocenters. The summed E-state index contributed by atoms with van der Waals surface area (Å²) in [6.45, 7) is 10.8. The average molecular weight is 490 g/mol. The van der Waals surface area contributed by atoms with Gasteiger partial charge in [-0.2, -0.15) is 26.6 Å². The first-order valence-electron chi connectivity index (χ1n) is 10.1. The molecule has 0 aliphatic rings. The summed E-state index contributed by atoms with van der Waals surface area (Å²) in [5, 5.41) is 0. The van der Waals surface area contributed by atoms with Crippen molar-refractivity contribution in [1.82, 2.24) is 9.97 Å². The fraction of sp³-hybridized carbons (Fsp3) is 0.476. The van der Waals surface area contributed by atoms with E-state index in [1.54, 1.807) is 18.7 Å². The Labute approximate surface area is 190 Å². The molecule has 1 aromatic carbocycles. The van der Waals surface area contributed by atoms with Crippen LogP contribution in [0.5, 0.6) is 5.88 Å². The predicted molar refractivity (Wildman–Crippen MR) is 116 cm³/mol. The molecule has 0 fully saturated rings. The molecule has 12 heteroatoms. The van der Waals surface area contributed by atoms with Crippen LogP contribution in [0.15, 0.2) is 12.1 Å². The van der Waals surface area contributed by atoms with Crippen LogP contribution in [-0.2, 0) is 26.1 Å². The van der Waals surface area contributed by atoms with Crippen molar-refractivity contribution in [2.75, 3.05) is 18.1 Å². The smallest absolute Gasteiger partial charge is 0.466 e. The Morgan fingerprint density at radius 3 is 2.12 bits per heavy atom. The molecule has 1 heterocycles. The van der Waals surface area contributed by atoms with E-state index >= 15 is 0 Å². The summed E-state index contributed by atoms with van der Waals surface area (Å²) in [4.78, 5) is 22.0. The van der Waals surface area contributed by atoms with Gasteiger partial charge in [-0.3, -0.25) is 4.79 Å². The summed E-state index contributed by atoms with van der Waals surface area (Å²) in [5.41, 5.74) is -2.31. The number of carbonyl (C=O) groups is 1. The van der Waals surface area contributed by atoms with Crippen LogP contribution in [0.4, 0.5) is 24.8 Å². The van der Waals surface area contributed by atoms with E-state index in [0.29, 0.717) is 6.54 Å². The van der Waals surface area contributed by atoms with Gasteiger partial charge in [-0.15, -0.1) is 0 Å². The van der Waals surface area contributed by atoms with Gasteiger partial charge in [-0.05, 0) is 52.7 Å². The Balaban J connectivity index is 2.70. The van der Waals surface area contributed by atoms with Gasteiger partial charge in [-0.1, -0.05) is 17.7 Å². The average Bonchev–Trinajstić information content (AvgIpc) is 2.66. The lowest BCUT2D eigenvalue weighted by Gasteiger charge is -2.26. The van der Waals surface area contributed by atoms with Crippen molar-refractivity contribution < 1.29 is 35.3 Å². The normalized spacial score (nSPS) is 11.9. The molecule has 2 aromatic rings. The maximum atomic E-state index is 13.0. The zero-order valence-electron chi connectivity index (χ0n) is 19.2. The third kappa shape index (κ3) is 5.92. The Hall–Kier alpha value is -2.89. The lowest BCUT2D eigenvalue weighted by molar-refractivity contribution is -0.142. The zero-order valence-corrected chi connectivity index (χ0v) is 20.0. The molecule has 8 nitrogen and oxygen atoms in total.